The third-order valence-electron chi connectivity index (χ3n) is 2.03. The van der Waals surface area contributed by atoms with Crippen LogP contribution in [0.15, 0.2) is 36.4 Å². The molecule has 2 rings (SSSR count). The van der Waals surface area contributed by atoms with Crippen molar-refractivity contribution in [1.29, 1.82) is 0 Å². The fourth-order valence-electron chi connectivity index (χ4n) is 1.32. The van der Waals surface area contributed by atoms with Crippen molar-refractivity contribution in [2.45, 2.75) is 0 Å². The van der Waals surface area contributed by atoms with Crippen molar-refractivity contribution in [3.8, 4) is 11.6 Å². The van der Waals surface area contributed by atoms with Gasteiger partial charge in [-0.2, -0.15) is 0 Å². The largest absolute Gasteiger partial charge is 0.439 e. The zero-order chi connectivity index (χ0) is 13.1. The van der Waals surface area contributed by atoms with Crippen LogP contribution in [-0.2, 0) is 0 Å². The summed E-state index contributed by atoms with van der Waals surface area (Å²) in [6.07, 6.45) is 0. The third-order valence-corrected chi connectivity index (χ3v) is 2.24. The van der Waals surface area contributed by atoms with Crippen LogP contribution in [-0.4, -0.2) is 9.97 Å². The molecule has 2 aromatic rings. The van der Waals surface area contributed by atoms with E-state index in [1.54, 1.807) is 12.1 Å². The molecule has 0 radical (unpaired) electrons. The van der Waals surface area contributed by atoms with Crippen molar-refractivity contribution < 1.29 is 13.5 Å². The number of nitrogens with two attached hydrogens (primary N) is 1. The van der Waals surface area contributed by atoms with Gasteiger partial charge in [0.25, 0.3) is 0 Å². The number of halogens is 2. The summed E-state index contributed by atoms with van der Waals surface area (Å²) in [7, 11) is 0. The van der Waals surface area contributed by atoms with Crippen LogP contribution in [0.1, 0.15) is 5.69 Å². The molecule has 0 spiro atoms. The van der Waals surface area contributed by atoms with E-state index >= 15 is 0 Å². The molecule has 1 aromatic carbocycles. The van der Waals surface area contributed by atoms with E-state index in [4.69, 9.17) is 22.7 Å². The highest BCUT2D eigenvalue weighted by Gasteiger charge is 2.05. The van der Waals surface area contributed by atoms with Gasteiger partial charge in [-0.3, -0.25) is 0 Å². The monoisotopic (exact) mass is 266 g/mol. The first-order valence-corrected chi connectivity index (χ1v) is 5.36. The number of rotatable bonds is 3. The highest BCUT2D eigenvalue weighted by molar-refractivity contribution is 7.80. The van der Waals surface area contributed by atoms with Gasteiger partial charge >= 0.3 is 0 Å². The summed E-state index contributed by atoms with van der Waals surface area (Å²) in [6.45, 7) is 0. The van der Waals surface area contributed by atoms with Crippen LogP contribution in [0, 0.1) is 11.6 Å². The molecule has 0 saturated carbocycles. The molecule has 18 heavy (non-hydrogen) atoms. The Morgan fingerprint density at radius 1 is 1.17 bits per heavy atom. The minimum atomic E-state index is -0.726. The van der Waals surface area contributed by atoms with Crippen molar-refractivity contribution in [3.05, 3.63) is 53.7 Å². The first-order chi connectivity index (χ1) is 8.54. The smallest absolute Gasteiger partial charge is 0.219 e. The average Bonchev–Trinajstić information content (AvgIpc) is 2.27. The maximum absolute atomic E-state index is 13.0. The molecular weight excluding hydrogens is 258 g/mol. The lowest BCUT2D eigenvalue weighted by Gasteiger charge is -2.06. The molecule has 92 valence electrons. The van der Waals surface area contributed by atoms with E-state index in [0.29, 0.717) is 5.69 Å². The van der Waals surface area contributed by atoms with Crippen molar-refractivity contribution in [2.75, 3.05) is 0 Å². The molecule has 0 aliphatic rings. The molecule has 0 saturated heterocycles. The standard InChI is InChI=1S/C12H8F2N2OS/c13-7-4-8(14)6-9(5-7)17-11-3-1-2-10(16-11)12(15)18/h1-6H,(H2,15,18). The highest BCUT2D eigenvalue weighted by atomic mass is 32.1. The predicted octanol–water partition coefficient (Wildman–Crippen LogP) is 2.79. The van der Waals surface area contributed by atoms with Crippen molar-refractivity contribution >= 4 is 17.2 Å². The third kappa shape index (κ3) is 2.98. The van der Waals surface area contributed by atoms with Gasteiger partial charge < -0.3 is 10.5 Å². The summed E-state index contributed by atoms with van der Waals surface area (Å²) < 4.78 is 31.1. The molecule has 6 heteroatoms. The molecule has 0 aliphatic carbocycles. The molecule has 2 N–H and O–H groups in total. The Morgan fingerprint density at radius 3 is 2.44 bits per heavy atom. The zero-order valence-corrected chi connectivity index (χ0v) is 9.88. The Hall–Kier alpha value is -2.08. The molecule has 0 unspecified atom stereocenters. The van der Waals surface area contributed by atoms with E-state index in [1.165, 1.54) is 6.07 Å². The Morgan fingerprint density at radius 2 is 1.83 bits per heavy atom. The van der Waals surface area contributed by atoms with Crippen LogP contribution in [0.2, 0.25) is 0 Å². The predicted molar refractivity (Wildman–Crippen MR) is 66.6 cm³/mol. The molecule has 0 fully saturated rings. The lowest BCUT2D eigenvalue weighted by atomic mass is 10.3. The van der Waals surface area contributed by atoms with Crippen LogP contribution < -0.4 is 10.5 Å². The lowest BCUT2D eigenvalue weighted by Crippen LogP contribution is -2.11. The van der Waals surface area contributed by atoms with E-state index in [-0.39, 0.29) is 16.6 Å². The minimum absolute atomic E-state index is 0.0140. The van der Waals surface area contributed by atoms with Crippen molar-refractivity contribution in [2.24, 2.45) is 5.73 Å². The first-order valence-electron chi connectivity index (χ1n) is 4.95. The van der Waals surface area contributed by atoms with Gasteiger partial charge in [-0.05, 0) is 6.07 Å². The summed E-state index contributed by atoms with van der Waals surface area (Å²) in [6, 6.07) is 7.64. The van der Waals surface area contributed by atoms with Gasteiger partial charge in [-0.25, -0.2) is 13.8 Å². The molecular formula is C12H8F2N2OS. The van der Waals surface area contributed by atoms with Crippen LogP contribution in [0.3, 0.4) is 0 Å². The van der Waals surface area contributed by atoms with Crippen LogP contribution in [0.4, 0.5) is 8.78 Å². The van der Waals surface area contributed by atoms with Crippen molar-refractivity contribution in [1.82, 2.24) is 4.98 Å². The molecule has 0 aliphatic heterocycles. The van der Waals surface area contributed by atoms with Crippen molar-refractivity contribution in [3.63, 3.8) is 0 Å². The Balaban J connectivity index is 2.28. The molecule has 0 bridgehead atoms. The SMILES string of the molecule is NC(=S)c1cccc(Oc2cc(F)cc(F)c2)n1. The Labute approximate surface area is 107 Å². The molecule has 0 amide bonds. The first kappa shape index (κ1) is 12.4. The van der Waals surface area contributed by atoms with Crippen LogP contribution >= 0.6 is 12.2 Å². The lowest BCUT2D eigenvalue weighted by molar-refractivity contribution is 0.451. The fourth-order valence-corrected chi connectivity index (χ4v) is 1.43. The van der Waals surface area contributed by atoms with E-state index in [1.807, 2.05) is 0 Å². The minimum Gasteiger partial charge on any atom is -0.439 e. The van der Waals surface area contributed by atoms with Gasteiger partial charge in [-0.1, -0.05) is 18.3 Å². The quantitative estimate of drug-likeness (QED) is 0.868. The number of hydrogen-bond donors (Lipinski definition) is 1. The average molecular weight is 266 g/mol. The number of nitrogens with zero attached hydrogens (tertiary/aromatic N) is 1. The molecule has 3 nitrogen and oxygen atoms in total. The summed E-state index contributed by atoms with van der Waals surface area (Å²) in [4.78, 5) is 4.11. The van der Waals surface area contributed by atoms with Gasteiger partial charge in [0.1, 0.15) is 28.1 Å². The van der Waals surface area contributed by atoms with Crippen LogP contribution in [0.25, 0.3) is 0 Å². The maximum atomic E-state index is 13.0. The van der Waals surface area contributed by atoms with Gasteiger partial charge in [0, 0.05) is 24.3 Å². The number of hydrogen-bond acceptors (Lipinski definition) is 3. The van der Waals surface area contributed by atoms with E-state index in [9.17, 15) is 8.78 Å². The second kappa shape index (κ2) is 5.05. The van der Waals surface area contributed by atoms with Gasteiger partial charge in [-0.15, -0.1) is 0 Å². The topological polar surface area (TPSA) is 48.1 Å². The number of pyridine rings is 1. The Kier molecular flexibility index (Phi) is 3.47. The van der Waals surface area contributed by atoms with Gasteiger partial charge in [0.05, 0.1) is 0 Å². The number of ether oxygens (including phenoxy) is 1. The normalized spacial score (nSPS) is 10.1. The van der Waals surface area contributed by atoms with E-state index in [0.717, 1.165) is 18.2 Å². The second-order valence-electron chi connectivity index (χ2n) is 3.43. The summed E-state index contributed by atoms with van der Waals surface area (Å²) in [5.74, 6) is -1.28. The van der Waals surface area contributed by atoms with E-state index < -0.39 is 11.6 Å². The maximum Gasteiger partial charge on any atom is 0.219 e. The number of aromatic nitrogens is 1. The summed E-state index contributed by atoms with van der Waals surface area (Å²) in [5.41, 5.74) is 5.79. The molecule has 0 atom stereocenters. The summed E-state index contributed by atoms with van der Waals surface area (Å²) >= 11 is 4.77. The van der Waals surface area contributed by atoms with Crippen LogP contribution in [0.5, 0.6) is 11.6 Å². The van der Waals surface area contributed by atoms with Gasteiger partial charge in [0.15, 0.2) is 0 Å². The zero-order valence-electron chi connectivity index (χ0n) is 9.06. The fraction of sp³-hybridized carbons (Fsp3) is 0. The second-order valence-corrected chi connectivity index (χ2v) is 3.87. The molecule has 1 heterocycles. The van der Waals surface area contributed by atoms with E-state index in [2.05, 4.69) is 4.98 Å². The molecule has 1 aromatic heterocycles. The number of benzene rings is 1. The summed E-state index contributed by atoms with van der Waals surface area (Å²) in [5, 5.41) is 0. The number of thiocarbonyl (C=S) groups is 1. The Bertz CT molecular complexity index is 584. The highest BCUT2D eigenvalue weighted by Crippen LogP contribution is 2.21. The van der Waals surface area contributed by atoms with Gasteiger partial charge in [0.2, 0.25) is 5.88 Å².